The molecule has 3 rings (SSSR count). The summed E-state index contributed by atoms with van der Waals surface area (Å²) >= 11 is 1.61. The predicted octanol–water partition coefficient (Wildman–Crippen LogP) is 2.47. The third-order valence-corrected chi connectivity index (χ3v) is 4.44. The van der Waals surface area contributed by atoms with Crippen molar-refractivity contribution in [3.8, 4) is 5.75 Å². The van der Waals surface area contributed by atoms with Crippen molar-refractivity contribution in [2.75, 3.05) is 19.7 Å². The first-order chi connectivity index (χ1) is 10.1. The number of aliphatic hydroxyl groups is 1. The number of ether oxygens (including phenoxy) is 1. The number of thiazole rings is 1. The van der Waals surface area contributed by atoms with E-state index in [0.29, 0.717) is 13.2 Å². The van der Waals surface area contributed by atoms with E-state index in [-0.39, 0.29) is 0 Å². The number of aromatic nitrogens is 1. The van der Waals surface area contributed by atoms with Gasteiger partial charge < -0.3 is 9.84 Å². The van der Waals surface area contributed by atoms with E-state index in [1.54, 1.807) is 11.3 Å². The lowest BCUT2D eigenvalue weighted by Gasteiger charge is -2.23. The smallest absolute Gasteiger partial charge is 0.119 e. The molecule has 1 aliphatic rings. The van der Waals surface area contributed by atoms with Gasteiger partial charge in [-0.15, -0.1) is 11.3 Å². The summed E-state index contributed by atoms with van der Waals surface area (Å²) in [7, 11) is 0. The molecule has 0 bridgehead atoms. The molecule has 0 saturated carbocycles. The van der Waals surface area contributed by atoms with Gasteiger partial charge in [-0.2, -0.15) is 0 Å². The van der Waals surface area contributed by atoms with Crippen molar-refractivity contribution in [1.82, 2.24) is 9.88 Å². The van der Waals surface area contributed by atoms with Gasteiger partial charge in [0.1, 0.15) is 18.0 Å². The van der Waals surface area contributed by atoms with E-state index < -0.39 is 5.60 Å². The molecule has 1 aromatic heterocycles. The number of hydrogen-bond acceptors (Lipinski definition) is 5. The third kappa shape index (κ3) is 3.81. The van der Waals surface area contributed by atoms with Gasteiger partial charge >= 0.3 is 0 Å². The lowest BCUT2D eigenvalue weighted by Crippen LogP contribution is -2.39. The van der Waals surface area contributed by atoms with Crippen molar-refractivity contribution >= 4 is 11.3 Å². The molecule has 1 aromatic carbocycles. The molecule has 2 heterocycles. The van der Waals surface area contributed by atoms with Crippen LogP contribution in [-0.2, 0) is 6.54 Å². The predicted molar refractivity (Wildman–Crippen MR) is 83.6 cm³/mol. The van der Waals surface area contributed by atoms with E-state index in [4.69, 9.17) is 4.74 Å². The molecule has 0 radical (unpaired) electrons. The minimum absolute atomic E-state index is 0.337. The average Bonchev–Trinajstić information content (AvgIpc) is 3.10. The SMILES string of the molecule is Cc1ccc(OCC2(O)CCN(Cc3cscn3)C2)cc1. The van der Waals surface area contributed by atoms with Crippen LogP contribution in [0.25, 0.3) is 0 Å². The van der Waals surface area contributed by atoms with Crippen LogP contribution in [0.1, 0.15) is 17.7 Å². The highest BCUT2D eigenvalue weighted by Crippen LogP contribution is 2.24. The fraction of sp³-hybridized carbons (Fsp3) is 0.438. The highest BCUT2D eigenvalue weighted by atomic mass is 32.1. The van der Waals surface area contributed by atoms with Crippen molar-refractivity contribution in [1.29, 1.82) is 0 Å². The van der Waals surface area contributed by atoms with Crippen LogP contribution in [-0.4, -0.2) is 40.3 Å². The Bertz CT molecular complexity index is 570. The van der Waals surface area contributed by atoms with Gasteiger partial charge in [-0.25, -0.2) is 4.98 Å². The summed E-state index contributed by atoms with van der Waals surface area (Å²) in [5.41, 5.74) is 3.36. The van der Waals surface area contributed by atoms with Crippen molar-refractivity contribution < 1.29 is 9.84 Å². The summed E-state index contributed by atoms with van der Waals surface area (Å²) in [6, 6.07) is 7.92. The summed E-state index contributed by atoms with van der Waals surface area (Å²) in [6.45, 7) is 4.70. The van der Waals surface area contributed by atoms with Gasteiger partial charge in [-0.1, -0.05) is 17.7 Å². The molecule has 4 nitrogen and oxygen atoms in total. The van der Waals surface area contributed by atoms with Crippen LogP contribution in [0.15, 0.2) is 35.2 Å². The van der Waals surface area contributed by atoms with Crippen LogP contribution < -0.4 is 4.74 Å². The van der Waals surface area contributed by atoms with Crippen LogP contribution in [0, 0.1) is 6.92 Å². The molecule has 112 valence electrons. The first-order valence-corrected chi connectivity index (χ1v) is 8.09. The first kappa shape index (κ1) is 14.5. The molecule has 1 fully saturated rings. The van der Waals surface area contributed by atoms with Gasteiger partial charge in [0.2, 0.25) is 0 Å². The Morgan fingerprint density at radius 3 is 2.90 bits per heavy atom. The Balaban J connectivity index is 1.52. The number of β-amino-alcohol motifs (C(OH)–C–C–N with tert-alkyl or cyclic N) is 1. The molecule has 1 N–H and O–H groups in total. The summed E-state index contributed by atoms with van der Waals surface area (Å²) in [4.78, 5) is 6.52. The zero-order chi connectivity index (χ0) is 14.7. The minimum atomic E-state index is -0.763. The van der Waals surface area contributed by atoms with Gasteiger partial charge in [0.15, 0.2) is 0 Å². The molecule has 0 amide bonds. The topological polar surface area (TPSA) is 45.6 Å². The first-order valence-electron chi connectivity index (χ1n) is 7.14. The number of likely N-dealkylation sites (tertiary alicyclic amines) is 1. The lowest BCUT2D eigenvalue weighted by atomic mass is 10.1. The quantitative estimate of drug-likeness (QED) is 0.922. The Morgan fingerprint density at radius 1 is 1.38 bits per heavy atom. The van der Waals surface area contributed by atoms with E-state index in [0.717, 1.165) is 31.0 Å². The van der Waals surface area contributed by atoms with E-state index in [9.17, 15) is 5.11 Å². The van der Waals surface area contributed by atoms with E-state index >= 15 is 0 Å². The second kappa shape index (κ2) is 6.13. The molecule has 1 unspecified atom stereocenters. The summed E-state index contributed by atoms with van der Waals surface area (Å²) in [5, 5.41) is 12.7. The largest absolute Gasteiger partial charge is 0.491 e. The number of nitrogens with zero attached hydrogens (tertiary/aromatic N) is 2. The fourth-order valence-electron chi connectivity index (χ4n) is 2.59. The van der Waals surface area contributed by atoms with Gasteiger partial charge in [-0.05, 0) is 25.5 Å². The summed E-state index contributed by atoms with van der Waals surface area (Å²) < 4.78 is 5.74. The summed E-state index contributed by atoms with van der Waals surface area (Å²) in [5.74, 6) is 0.812. The van der Waals surface area contributed by atoms with Crippen molar-refractivity contribution in [3.63, 3.8) is 0 Å². The standard InChI is InChI=1S/C16H20N2O2S/c1-13-2-4-15(5-3-13)20-11-16(19)6-7-18(10-16)8-14-9-21-12-17-14/h2-5,9,12,19H,6-8,10-11H2,1H3. The van der Waals surface area contributed by atoms with E-state index in [1.807, 2.05) is 36.7 Å². The second-order valence-electron chi connectivity index (χ2n) is 5.77. The highest BCUT2D eigenvalue weighted by Gasteiger charge is 2.36. The van der Waals surface area contributed by atoms with Gasteiger partial charge in [0.05, 0.1) is 11.2 Å². The molecular weight excluding hydrogens is 284 g/mol. The third-order valence-electron chi connectivity index (χ3n) is 3.81. The van der Waals surface area contributed by atoms with Crippen molar-refractivity contribution in [2.45, 2.75) is 25.5 Å². The van der Waals surface area contributed by atoms with Crippen LogP contribution in [0.2, 0.25) is 0 Å². The number of aryl methyl sites for hydroxylation is 1. The Hall–Kier alpha value is -1.43. The minimum Gasteiger partial charge on any atom is -0.491 e. The molecule has 1 saturated heterocycles. The normalized spacial score (nSPS) is 22.6. The average molecular weight is 304 g/mol. The van der Waals surface area contributed by atoms with Gasteiger partial charge in [-0.3, -0.25) is 4.90 Å². The van der Waals surface area contributed by atoms with Gasteiger partial charge in [0, 0.05) is 25.0 Å². The molecule has 5 heteroatoms. The fourth-order valence-corrected chi connectivity index (χ4v) is 3.14. The molecule has 21 heavy (non-hydrogen) atoms. The van der Waals surface area contributed by atoms with Crippen LogP contribution in [0.5, 0.6) is 5.75 Å². The van der Waals surface area contributed by atoms with Crippen molar-refractivity contribution in [3.05, 3.63) is 46.4 Å². The van der Waals surface area contributed by atoms with Crippen LogP contribution >= 0.6 is 11.3 Å². The molecule has 1 aliphatic heterocycles. The van der Waals surface area contributed by atoms with Crippen LogP contribution in [0.3, 0.4) is 0 Å². The van der Waals surface area contributed by atoms with E-state index in [1.165, 1.54) is 5.56 Å². The number of rotatable bonds is 5. The zero-order valence-electron chi connectivity index (χ0n) is 12.2. The Labute approximate surface area is 129 Å². The maximum absolute atomic E-state index is 10.6. The molecule has 0 aliphatic carbocycles. The second-order valence-corrected chi connectivity index (χ2v) is 6.49. The number of hydrogen-bond donors (Lipinski definition) is 1. The number of benzene rings is 1. The Morgan fingerprint density at radius 2 is 2.19 bits per heavy atom. The zero-order valence-corrected chi connectivity index (χ0v) is 13.0. The molecule has 2 aromatic rings. The molecule has 1 atom stereocenters. The molecule has 0 spiro atoms. The maximum Gasteiger partial charge on any atom is 0.119 e. The molecular formula is C16H20N2O2S. The summed E-state index contributed by atoms with van der Waals surface area (Å²) in [6.07, 6.45) is 0.739. The van der Waals surface area contributed by atoms with Crippen molar-refractivity contribution in [2.24, 2.45) is 0 Å². The van der Waals surface area contributed by atoms with E-state index in [2.05, 4.69) is 15.3 Å². The van der Waals surface area contributed by atoms with Crippen LogP contribution in [0.4, 0.5) is 0 Å². The maximum atomic E-state index is 10.6. The highest BCUT2D eigenvalue weighted by molar-refractivity contribution is 7.07. The Kier molecular flexibility index (Phi) is 4.24. The lowest BCUT2D eigenvalue weighted by molar-refractivity contribution is 0.00331. The van der Waals surface area contributed by atoms with Gasteiger partial charge in [0.25, 0.3) is 0 Å². The monoisotopic (exact) mass is 304 g/mol.